The van der Waals surface area contributed by atoms with Crippen molar-refractivity contribution < 1.29 is 9.18 Å². The van der Waals surface area contributed by atoms with Crippen LogP contribution in [0.3, 0.4) is 0 Å². The molecule has 28 heavy (non-hydrogen) atoms. The standard InChI is InChI=1S/C20H27FN6O/c1-24(2)20(25(3)4)22-11-14-10-18(28)26(5)19(14)15-12-23-27(13-15)17-8-6-16(21)7-9-17/h6-9,12-14,19H,10-11H2,1-5H3/t14-,19+/m0/s1. The first-order valence-corrected chi connectivity index (χ1v) is 9.23. The number of aromatic nitrogens is 2. The minimum absolute atomic E-state index is 0.0678. The SMILES string of the molecule is CN(C)C(=NC[C@@H]1CC(=O)N(C)[C@H]1c1cnn(-c2ccc(F)cc2)c1)N(C)C. The van der Waals surface area contributed by atoms with E-state index >= 15 is 0 Å². The first-order valence-electron chi connectivity index (χ1n) is 9.23. The summed E-state index contributed by atoms with van der Waals surface area (Å²) in [7, 11) is 9.64. The predicted molar refractivity (Wildman–Crippen MR) is 107 cm³/mol. The lowest BCUT2D eigenvalue weighted by Gasteiger charge is -2.25. The number of nitrogens with zero attached hydrogens (tertiary/aromatic N) is 6. The van der Waals surface area contributed by atoms with E-state index in [1.165, 1.54) is 12.1 Å². The summed E-state index contributed by atoms with van der Waals surface area (Å²) in [6, 6.07) is 6.08. The Kier molecular flexibility index (Phi) is 5.67. The molecule has 0 aliphatic carbocycles. The topological polar surface area (TPSA) is 57.0 Å². The Bertz CT molecular complexity index is 848. The van der Waals surface area contributed by atoms with Crippen molar-refractivity contribution in [1.29, 1.82) is 0 Å². The molecule has 7 nitrogen and oxygen atoms in total. The van der Waals surface area contributed by atoms with Crippen molar-refractivity contribution in [1.82, 2.24) is 24.5 Å². The van der Waals surface area contributed by atoms with Gasteiger partial charge in [0.2, 0.25) is 5.91 Å². The largest absolute Gasteiger partial charge is 0.349 e. The van der Waals surface area contributed by atoms with Crippen molar-refractivity contribution in [3.05, 3.63) is 48.0 Å². The fourth-order valence-corrected chi connectivity index (χ4v) is 3.72. The molecule has 150 valence electrons. The number of amides is 1. The molecule has 0 N–H and O–H groups in total. The number of halogens is 1. The van der Waals surface area contributed by atoms with Gasteiger partial charge in [-0.15, -0.1) is 0 Å². The zero-order valence-corrected chi connectivity index (χ0v) is 17.0. The fraction of sp³-hybridized carbons (Fsp3) is 0.450. The average Bonchev–Trinajstić information content (AvgIpc) is 3.20. The second-order valence-corrected chi connectivity index (χ2v) is 7.54. The minimum atomic E-state index is -0.284. The molecular weight excluding hydrogens is 359 g/mol. The number of rotatable bonds is 4. The second-order valence-electron chi connectivity index (χ2n) is 7.54. The highest BCUT2D eigenvalue weighted by Crippen LogP contribution is 2.37. The highest BCUT2D eigenvalue weighted by atomic mass is 19.1. The molecule has 0 saturated carbocycles. The van der Waals surface area contributed by atoms with E-state index in [2.05, 4.69) is 5.10 Å². The fourth-order valence-electron chi connectivity index (χ4n) is 3.72. The van der Waals surface area contributed by atoms with Crippen molar-refractivity contribution in [3.8, 4) is 5.69 Å². The van der Waals surface area contributed by atoms with Crippen molar-refractivity contribution in [3.63, 3.8) is 0 Å². The van der Waals surface area contributed by atoms with Gasteiger partial charge in [0.05, 0.1) is 17.9 Å². The summed E-state index contributed by atoms with van der Waals surface area (Å²) in [6.07, 6.45) is 4.14. The van der Waals surface area contributed by atoms with Gasteiger partial charge in [-0.3, -0.25) is 9.79 Å². The van der Waals surface area contributed by atoms with E-state index in [0.717, 1.165) is 17.2 Å². The van der Waals surface area contributed by atoms with Crippen LogP contribution in [0.4, 0.5) is 4.39 Å². The van der Waals surface area contributed by atoms with Gasteiger partial charge < -0.3 is 14.7 Å². The molecule has 1 aliphatic rings. The van der Waals surface area contributed by atoms with E-state index in [4.69, 9.17) is 4.99 Å². The monoisotopic (exact) mass is 386 g/mol. The highest BCUT2D eigenvalue weighted by Gasteiger charge is 2.39. The lowest BCUT2D eigenvalue weighted by atomic mass is 9.96. The number of hydrogen-bond acceptors (Lipinski definition) is 3. The van der Waals surface area contributed by atoms with Gasteiger partial charge in [0.25, 0.3) is 0 Å². The lowest BCUT2D eigenvalue weighted by Crippen LogP contribution is -2.36. The molecule has 8 heteroatoms. The van der Waals surface area contributed by atoms with Crippen LogP contribution >= 0.6 is 0 Å². The van der Waals surface area contributed by atoms with Gasteiger partial charge in [0.15, 0.2) is 5.96 Å². The molecule has 0 bridgehead atoms. The van der Waals surface area contributed by atoms with Crippen LogP contribution in [0.2, 0.25) is 0 Å². The molecule has 2 aromatic rings. The van der Waals surface area contributed by atoms with Gasteiger partial charge in [-0.05, 0) is 24.3 Å². The number of likely N-dealkylation sites (tertiary alicyclic amines) is 1. The molecule has 3 rings (SSSR count). The van der Waals surface area contributed by atoms with Gasteiger partial charge in [0.1, 0.15) is 5.82 Å². The molecule has 0 spiro atoms. The Balaban J connectivity index is 1.85. The number of guanidine groups is 1. The molecule has 2 atom stereocenters. The van der Waals surface area contributed by atoms with E-state index in [-0.39, 0.29) is 23.7 Å². The smallest absolute Gasteiger partial charge is 0.223 e. The molecular formula is C20H27FN6O. The maximum atomic E-state index is 13.2. The van der Waals surface area contributed by atoms with Gasteiger partial charge in [-0.2, -0.15) is 5.10 Å². The Morgan fingerprint density at radius 3 is 2.46 bits per heavy atom. The third-order valence-corrected chi connectivity index (χ3v) is 5.00. The summed E-state index contributed by atoms with van der Waals surface area (Å²) in [5.41, 5.74) is 1.73. The van der Waals surface area contributed by atoms with Gasteiger partial charge >= 0.3 is 0 Å². The molecule has 1 saturated heterocycles. The second kappa shape index (κ2) is 8.00. The van der Waals surface area contributed by atoms with Crippen LogP contribution in [0.25, 0.3) is 5.69 Å². The number of aliphatic imine (C=N–C) groups is 1. The van der Waals surface area contributed by atoms with Crippen LogP contribution in [0.1, 0.15) is 18.0 Å². The van der Waals surface area contributed by atoms with Crippen LogP contribution in [-0.2, 0) is 4.79 Å². The van der Waals surface area contributed by atoms with Crippen molar-refractivity contribution in [2.24, 2.45) is 10.9 Å². The summed E-state index contributed by atoms with van der Waals surface area (Å²) >= 11 is 0. The number of carbonyl (C=O) groups excluding carboxylic acids is 1. The molecule has 0 unspecified atom stereocenters. The number of carbonyl (C=O) groups is 1. The lowest BCUT2D eigenvalue weighted by molar-refractivity contribution is -0.127. The molecule has 1 amide bonds. The molecule has 1 aromatic heterocycles. The van der Waals surface area contributed by atoms with E-state index in [1.807, 2.05) is 51.2 Å². The molecule has 0 radical (unpaired) electrons. The van der Waals surface area contributed by atoms with Crippen molar-refractivity contribution in [2.45, 2.75) is 12.5 Å². The first-order chi connectivity index (χ1) is 13.3. The first kappa shape index (κ1) is 19.9. The van der Waals surface area contributed by atoms with Crippen LogP contribution in [0.5, 0.6) is 0 Å². The Labute approximate surface area is 165 Å². The van der Waals surface area contributed by atoms with Crippen LogP contribution < -0.4 is 0 Å². The van der Waals surface area contributed by atoms with Gasteiger partial charge in [-0.1, -0.05) is 0 Å². The van der Waals surface area contributed by atoms with Crippen molar-refractivity contribution >= 4 is 11.9 Å². The van der Waals surface area contributed by atoms with Crippen LogP contribution in [0.15, 0.2) is 41.7 Å². The maximum Gasteiger partial charge on any atom is 0.223 e. The maximum absolute atomic E-state index is 13.2. The number of hydrogen-bond donors (Lipinski definition) is 0. The quantitative estimate of drug-likeness (QED) is 0.596. The van der Waals surface area contributed by atoms with E-state index in [1.54, 1.807) is 27.9 Å². The van der Waals surface area contributed by atoms with E-state index in [9.17, 15) is 9.18 Å². The average molecular weight is 386 g/mol. The summed E-state index contributed by atoms with van der Waals surface area (Å²) in [5.74, 6) is 0.754. The molecule has 1 fully saturated rings. The van der Waals surface area contributed by atoms with Crippen LogP contribution in [0, 0.1) is 11.7 Å². The minimum Gasteiger partial charge on any atom is -0.349 e. The summed E-state index contributed by atoms with van der Waals surface area (Å²) < 4.78 is 14.9. The summed E-state index contributed by atoms with van der Waals surface area (Å²) in [4.78, 5) is 22.8. The molecule has 1 aliphatic heterocycles. The van der Waals surface area contributed by atoms with Gasteiger partial charge in [-0.25, -0.2) is 9.07 Å². The Morgan fingerprint density at radius 1 is 1.21 bits per heavy atom. The van der Waals surface area contributed by atoms with E-state index < -0.39 is 0 Å². The zero-order chi connectivity index (χ0) is 20.4. The third kappa shape index (κ3) is 4.00. The zero-order valence-electron chi connectivity index (χ0n) is 17.0. The van der Waals surface area contributed by atoms with Gasteiger partial charge in [0, 0.05) is 65.9 Å². The van der Waals surface area contributed by atoms with E-state index in [0.29, 0.717) is 13.0 Å². The summed E-state index contributed by atoms with van der Waals surface area (Å²) in [5, 5.41) is 4.41. The van der Waals surface area contributed by atoms with Crippen molar-refractivity contribution in [2.75, 3.05) is 41.8 Å². The summed E-state index contributed by atoms with van der Waals surface area (Å²) in [6.45, 7) is 0.550. The molecule has 2 heterocycles. The predicted octanol–water partition coefficient (Wildman–Crippen LogP) is 2.01. The van der Waals surface area contributed by atoms with Crippen LogP contribution in [-0.4, -0.2) is 78.1 Å². The Hall–Kier alpha value is -2.90. The Morgan fingerprint density at radius 2 is 1.86 bits per heavy atom. The normalized spacial score (nSPS) is 19.1. The highest BCUT2D eigenvalue weighted by molar-refractivity contribution is 5.80. The number of benzene rings is 1. The molecule has 1 aromatic carbocycles. The third-order valence-electron chi connectivity index (χ3n) is 5.00.